The number of unbranched alkanes of at least 4 members (excludes halogenated alkanes) is 23. The molecule has 9 nitrogen and oxygen atoms in total. The molecule has 0 spiro atoms. The van der Waals surface area contributed by atoms with Crippen LogP contribution in [0.15, 0.2) is 24.3 Å². The van der Waals surface area contributed by atoms with E-state index >= 15 is 0 Å². The van der Waals surface area contributed by atoms with E-state index in [0.29, 0.717) is 19.3 Å². The van der Waals surface area contributed by atoms with E-state index in [1.54, 1.807) is 0 Å². The van der Waals surface area contributed by atoms with Gasteiger partial charge in [0.1, 0.15) is 12.1 Å². The number of aliphatic hydroxyl groups excluding tert-OH is 1. The smallest absolute Gasteiger partial charge is 0.328 e. The normalized spacial score (nSPS) is 12.6. The molecular formula is C46H84N2O7. The van der Waals surface area contributed by atoms with Gasteiger partial charge in [0.05, 0.1) is 13.2 Å². The SMILES string of the molecule is CCCCCC/C=C\C/C=C\CCCCCCCCCC(=O)OC(CCCCCCCCCCC)CCCCCCCC(=O)NCC(=O)NC(CO)C(=O)O. The predicted octanol–water partition coefficient (Wildman–Crippen LogP) is 11.2. The van der Waals surface area contributed by atoms with Crippen molar-refractivity contribution in [2.75, 3.05) is 13.2 Å². The van der Waals surface area contributed by atoms with Crippen molar-refractivity contribution in [1.82, 2.24) is 10.6 Å². The highest BCUT2D eigenvalue weighted by Crippen LogP contribution is 2.19. The van der Waals surface area contributed by atoms with Crippen LogP contribution in [0.1, 0.15) is 219 Å². The molecule has 0 saturated carbocycles. The van der Waals surface area contributed by atoms with Gasteiger partial charge < -0.3 is 25.6 Å². The Morgan fingerprint density at radius 3 is 1.47 bits per heavy atom. The predicted molar refractivity (Wildman–Crippen MR) is 227 cm³/mol. The minimum atomic E-state index is -1.38. The Morgan fingerprint density at radius 2 is 0.982 bits per heavy atom. The van der Waals surface area contributed by atoms with Gasteiger partial charge in [-0.3, -0.25) is 14.4 Å². The van der Waals surface area contributed by atoms with E-state index in [9.17, 15) is 19.2 Å². The van der Waals surface area contributed by atoms with Crippen molar-refractivity contribution < 1.29 is 34.1 Å². The third-order valence-electron chi connectivity index (χ3n) is 10.2. The molecular weight excluding hydrogens is 693 g/mol. The molecule has 0 aromatic carbocycles. The Kier molecular flexibility index (Phi) is 39.0. The highest BCUT2D eigenvalue weighted by Gasteiger charge is 2.19. The molecule has 0 rings (SSSR count). The number of nitrogens with one attached hydrogen (secondary N) is 2. The number of carbonyl (C=O) groups is 4. The first-order valence-corrected chi connectivity index (χ1v) is 22.7. The Morgan fingerprint density at radius 1 is 0.545 bits per heavy atom. The van der Waals surface area contributed by atoms with Crippen molar-refractivity contribution in [3.8, 4) is 0 Å². The van der Waals surface area contributed by atoms with Gasteiger partial charge in [-0.1, -0.05) is 160 Å². The van der Waals surface area contributed by atoms with Crippen LogP contribution in [-0.4, -0.2) is 59.3 Å². The maximum absolute atomic E-state index is 12.8. The first-order valence-electron chi connectivity index (χ1n) is 22.7. The van der Waals surface area contributed by atoms with Crippen molar-refractivity contribution in [3.63, 3.8) is 0 Å². The Balaban J connectivity index is 4.21. The maximum atomic E-state index is 12.8. The van der Waals surface area contributed by atoms with Crippen LogP contribution in [-0.2, 0) is 23.9 Å². The van der Waals surface area contributed by atoms with Gasteiger partial charge in [-0.2, -0.15) is 0 Å². The fraction of sp³-hybridized carbons (Fsp3) is 0.826. The number of amides is 2. The fourth-order valence-electron chi connectivity index (χ4n) is 6.69. The second kappa shape index (κ2) is 41.0. The zero-order valence-electron chi connectivity index (χ0n) is 35.4. The van der Waals surface area contributed by atoms with E-state index in [-0.39, 0.29) is 24.5 Å². The number of carboxylic acid groups (broad SMARTS) is 1. The van der Waals surface area contributed by atoms with Crippen molar-refractivity contribution in [3.05, 3.63) is 24.3 Å². The Bertz CT molecular complexity index is 983. The molecule has 2 atom stereocenters. The standard InChI is InChI=1S/C46H84N2O7/c1-3-5-7-9-11-13-14-15-16-17-18-19-20-21-23-25-30-34-38-45(52)55-41(35-31-27-24-22-12-10-8-6-4-2)36-32-28-26-29-33-37-43(50)47-39-44(51)48-42(40-49)46(53)54/h13-14,16-17,41-42,49H,3-12,15,18-40H2,1-2H3,(H,47,50)(H,48,51)(H,53,54)/b14-13-,17-16-. The average Bonchev–Trinajstić information content (AvgIpc) is 3.17. The number of carbonyl (C=O) groups excluding carboxylic acids is 3. The summed E-state index contributed by atoms with van der Waals surface area (Å²) in [5, 5.41) is 22.6. The van der Waals surface area contributed by atoms with E-state index in [0.717, 1.165) is 64.2 Å². The second-order valence-corrected chi connectivity index (χ2v) is 15.5. The van der Waals surface area contributed by atoms with Gasteiger partial charge in [-0.05, 0) is 70.6 Å². The Labute approximate surface area is 336 Å². The highest BCUT2D eigenvalue weighted by atomic mass is 16.5. The van der Waals surface area contributed by atoms with Gasteiger partial charge in [0.25, 0.3) is 0 Å². The van der Waals surface area contributed by atoms with Crippen molar-refractivity contribution in [2.45, 2.75) is 231 Å². The van der Waals surface area contributed by atoms with E-state index < -0.39 is 24.5 Å². The highest BCUT2D eigenvalue weighted by molar-refractivity contribution is 5.87. The minimum absolute atomic E-state index is 0.0128. The number of hydrogen-bond acceptors (Lipinski definition) is 6. The number of esters is 1. The largest absolute Gasteiger partial charge is 0.480 e. The quantitative estimate of drug-likeness (QED) is 0.0275. The summed E-state index contributed by atoms with van der Waals surface area (Å²) in [4.78, 5) is 47.6. The lowest BCUT2D eigenvalue weighted by Crippen LogP contribution is -2.47. The van der Waals surface area contributed by atoms with Crippen LogP contribution in [0, 0.1) is 0 Å². The summed E-state index contributed by atoms with van der Waals surface area (Å²) >= 11 is 0. The third-order valence-corrected chi connectivity index (χ3v) is 10.2. The Hall–Kier alpha value is -2.68. The minimum Gasteiger partial charge on any atom is -0.480 e. The molecule has 0 heterocycles. The molecule has 0 fully saturated rings. The second-order valence-electron chi connectivity index (χ2n) is 15.5. The van der Waals surface area contributed by atoms with Crippen molar-refractivity contribution in [1.29, 1.82) is 0 Å². The van der Waals surface area contributed by atoms with Crippen LogP contribution in [0.4, 0.5) is 0 Å². The van der Waals surface area contributed by atoms with Gasteiger partial charge >= 0.3 is 11.9 Å². The number of aliphatic carboxylic acids is 1. The van der Waals surface area contributed by atoms with Crippen LogP contribution in [0.2, 0.25) is 0 Å². The average molecular weight is 777 g/mol. The van der Waals surface area contributed by atoms with Crippen LogP contribution < -0.4 is 10.6 Å². The molecule has 0 aliphatic carbocycles. The number of hydrogen-bond donors (Lipinski definition) is 4. The summed E-state index contributed by atoms with van der Waals surface area (Å²) in [5.41, 5.74) is 0. The number of allylic oxidation sites excluding steroid dienone is 4. The number of rotatable bonds is 41. The van der Waals surface area contributed by atoms with E-state index in [2.05, 4.69) is 48.8 Å². The molecule has 0 aromatic rings. The van der Waals surface area contributed by atoms with E-state index in [4.69, 9.17) is 14.9 Å². The third kappa shape index (κ3) is 38.0. The molecule has 9 heteroatoms. The summed E-state index contributed by atoms with van der Waals surface area (Å²) in [6.45, 7) is 3.47. The first kappa shape index (κ1) is 52.3. The summed E-state index contributed by atoms with van der Waals surface area (Å²) in [5.74, 6) is -2.29. The van der Waals surface area contributed by atoms with Gasteiger partial charge in [-0.25, -0.2) is 4.79 Å². The van der Waals surface area contributed by atoms with Crippen LogP contribution >= 0.6 is 0 Å². The molecule has 320 valence electrons. The number of aliphatic hydroxyl groups is 1. The topological polar surface area (TPSA) is 142 Å². The summed E-state index contributed by atoms with van der Waals surface area (Å²) in [6, 6.07) is -1.38. The van der Waals surface area contributed by atoms with Crippen molar-refractivity contribution >= 4 is 23.8 Å². The van der Waals surface area contributed by atoms with Crippen molar-refractivity contribution in [2.24, 2.45) is 0 Å². The molecule has 0 aromatic heterocycles. The lowest BCUT2D eigenvalue weighted by molar-refractivity contribution is -0.150. The maximum Gasteiger partial charge on any atom is 0.328 e. The van der Waals surface area contributed by atoms with Crippen LogP contribution in [0.5, 0.6) is 0 Å². The molecule has 0 aliphatic rings. The van der Waals surface area contributed by atoms with Crippen LogP contribution in [0.25, 0.3) is 0 Å². The summed E-state index contributed by atoms with van der Waals surface area (Å²) < 4.78 is 6.02. The molecule has 0 saturated heterocycles. The molecule has 2 unspecified atom stereocenters. The van der Waals surface area contributed by atoms with Gasteiger partial charge in [0.2, 0.25) is 11.8 Å². The number of ether oxygens (including phenoxy) is 1. The lowest BCUT2D eigenvalue weighted by atomic mass is 10.0. The summed E-state index contributed by atoms with van der Waals surface area (Å²) in [7, 11) is 0. The molecule has 4 N–H and O–H groups in total. The van der Waals surface area contributed by atoms with Gasteiger partial charge in [0.15, 0.2) is 0 Å². The molecule has 0 radical (unpaired) electrons. The zero-order chi connectivity index (χ0) is 40.5. The van der Waals surface area contributed by atoms with E-state index in [1.165, 1.54) is 122 Å². The molecule has 2 amide bonds. The lowest BCUT2D eigenvalue weighted by Gasteiger charge is -2.18. The van der Waals surface area contributed by atoms with Gasteiger partial charge in [-0.15, -0.1) is 0 Å². The first-order chi connectivity index (χ1) is 26.8. The monoisotopic (exact) mass is 777 g/mol. The summed E-state index contributed by atoms with van der Waals surface area (Å²) in [6.07, 6.45) is 44.9. The van der Waals surface area contributed by atoms with Gasteiger partial charge in [0, 0.05) is 12.8 Å². The zero-order valence-corrected chi connectivity index (χ0v) is 35.4. The fourth-order valence-corrected chi connectivity index (χ4v) is 6.69. The van der Waals surface area contributed by atoms with E-state index in [1.807, 2.05) is 0 Å². The molecule has 0 aliphatic heterocycles. The van der Waals surface area contributed by atoms with Crippen LogP contribution in [0.3, 0.4) is 0 Å². The molecule has 55 heavy (non-hydrogen) atoms. The number of carboxylic acids is 1. The molecule has 0 bridgehead atoms.